The van der Waals surface area contributed by atoms with E-state index in [0.717, 1.165) is 17.4 Å². The zero-order chi connectivity index (χ0) is 8.73. The minimum absolute atomic E-state index is 0.724. The van der Waals surface area contributed by atoms with Crippen LogP contribution in [0.1, 0.15) is 32.1 Å². The molecule has 1 spiro atoms. The Balaban J connectivity index is 1.55. The van der Waals surface area contributed by atoms with Crippen molar-refractivity contribution in [2.75, 3.05) is 19.6 Å². The summed E-state index contributed by atoms with van der Waals surface area (Å²) < 4.78 is 0. The van der Waals surface area contributed by atoms with Crippen LogP contribution in [0.25, 0.3) is 0 Å². The molecule has 0 aromatic carbocycles. The van der Waals surface area contributed by atoms with Crippen LogP contribution in [-0.2, 0) is 0 Å². The summed E-state index contributed by atoms with van der Waals surface area (Å²) >= 11 is 0. The molecular weight excluding hydrogens is 160 g/mol. The molecule has 2 heteroatoms. The van der Waals surface area contributed by atoms with Crippen LogP contribution in [0, 0.1) is 11.3 Å². The lowest BCUT2D eigenvalue weighted by molar-refractivity contribution is 0.0969. The molecule has 1 unspecified atom stereocenters. The van der Waals surface area contributed by atoms with Crippen molar-refractivity contribution in [2.45, 2.75) is 38.1 Å². The van der Waals surface area contributed by atoms with Crippen molar-refractivity contribution in [1.29, 1.82) is 0 Å². The first-order valence-corrected chi connectivity index (χ1v) is 5.83. The van der Waals surface area contributed by atoms with E-state index < -0.39 is 0 Å². The van der Waals surface area contributed by atoms with E-state index in [2.05, 4.69) is 10.6 Å². The van der Waals surface area contributed by atoms with Gasteiger partial charge in [-0.2, -0.15) is 0 Å². The molecule has 2 aliphatic carbocycles. The number of nitrogens with one attached hydrogen (secondary N) is 2. The summed E-state index contributed by atoms with van der Waals surface area (Å²) in [5.41, 5.74) is 0.724. The van der Waals surface area contributed by atoms with Crippen LogP contribution in [0.5, 0.6) is 0 Å². The van der Waals surface area contributed by atoms with Gasteiger partial charge in [-0.3, -0.25) is 0 Å². The van der Waals surface area contributed by atoms with Crippen molar-refractivity contribution in [3.8, 4) is 0 Å². The maximum Gasteiger partial charge on any atom is 0.00683 e. The van der Waals surface area contributed by atoms with E-state index in [1.54, 1.807) is 0 Å². The molecule has 74 valence electrons. The number of hydrogen-bond acceptors (Lipinski definition) is 2. The molecule has 1 heterocycles. The van der Waals surface area contributed by atoms with Crippen LogP contribution in [0.15, 0.2) is 0 Å². The molecule has 2 nitrogen and oxygen atoms in total. The molecule has 0 radical (unpaired) electrons. The Morgan fingerprint density at radius 2 is 2.15 bits per heavy atom. The van der Waals surface area contributed by atoms with Gasteiger partial charge in [0.25, 0.3) is 0 Å². The van der Waals surface area contributed by atoms with E-state index in [4.69, 9.17) is 0 Å². The van der Waals surface area contributed by atoms with Crippen molar-refractivity contribution in [3.63, 3.8) is 0 Å². The fourth-order valence-corrected chi connectivity index (χ4v) is 2.96. The van der Waals surface area contributed by atoms with Gasteiger partial charge in [-0.1, -0.05) is 6.42 Å². The lowest BCUT2D eigenvalue weighted by Gasteiger charge is -2.43. The van der Waals surface area contributed by atoms with E-state index in [0.29, 0.717) is 0 Å². The summed E-state index contributed by atoms with van der Waals surface area (Å²) in [4.78, 5) is 0. The summed E-state index contributed by atoms with van der Waals surface area (Å²) in [5, 5.41) is 7.25. The Hall–Kier alpha value is -0.0800. The smallest absolute Gasteiger partial charge is 0.00683 e. The van der Waals surface area contributed by atoms with Crippen molar-refractivity contribution < 1.29 is 0 Å². The monoisotopic (exact) mass is 180 g/mol. The Morgan fingerprint density at radius 3 is 2.77 bits per heavy atom. The van der Waals surface area contributed by atoms with E-state index in [1.807, 2.05) is 0 Å². The highest BCUT2D eigenvalue weighted by Gasteiger charge is 2.46. The Labute approximate surface area is 80.5 Å². The third-order valence-electron chi connectivity index (χ3n) is 4.31. The first kappa shape index (κ1) is 8.25. The highest BCUT2D eigenvalue weighted by molar-refractivity contribution is 5.01. The van der Waals surface area contributed by atoms with Crippen molar-refractivity contribution in [1.82, 2.24) is 10.6 Å². The van der Waals surface area contributed by atoms with Gasteiger partial charge in [-0.05, 0) is 43.6 Å². The Morgan fingerprint density at radius 1 is 1.31 bits per heavy atom. The predicted molar refractivity (Wildman–Crippen MR) is 53.7 cm³/mol. The molecule has 1 saturated heterocycles. The van der Waals surface area contributed by atoms with E-state index >= 15 is 0 Å². The van der Waals surface area contributed by atoms with Crippen molar-refractivity contribution >= 4 is 0 Å². The Kier molecular flexibility index (Phi) is 1.88. The average molecular weight is 180 g/mol. The summed E-state index contributed by atoms with van der Waals surface area (Å²) in [7, 11) is 0. The maximum atomic E-state index is 3.68. The van der Waals surface area contributed by atoms with Gasteiger partial charge in [0.1, 0.15) is 0 Å². The van der Waals surface area contributed by atoms with Gasteiger partial charge in [-0.25, -0.2) is 0 Å². The molecule has 1 aliphatic heterocycles. The van der Waals surface area contributed by atoms with Crippen LogP contribution < -0.4 is 10.6 Å². The first-order valence-electron chi connectivity index (χ1n) is 5.83. The summed E-state index contributed by atoms with van der Waals surface area (Å²) in [5.74, 6) is 0.932. The molecular formula is C11H20N2. The van der Waals surface area contributed by atoms with Gasteiger partial charge < -0.3 is 10.6 Å². The molecule has 0 bridgehead atoms. The molecule has 13 heavy (non-hydrogen) atoms. The van der Waals surface area contributed by atoms with Gasteiger partial charge in [0.05, 0.1) is 0 Å². The van der Waals surface area contributed by atoms with Crippen molar-refractivity contribution in [3.05, 3.63) is 0 Å². The van der Waals surface area contributed by atoms with Crippen LogP contribution in [0.2, 0.25) is 0 Å². The minimum Gasteiger partial charge on any atom is -0.316 e. The van der Waals surface area contributed by atoms with Gasteiger partial charge in [0.15, 0.2) is 0 Å². The lowest BCUT2D eigenvalue weighted by Crippen LogP contribution is -2.42. The molecule has 2 saturated carbocycles. The summed E-state index contributed by atoms with van der Waals surface area (Å²) in [6.45, 7) is 3.83. The SMILES string of the molecule is C1CC2(C1)CNCC2CNC1CC1. The van der Waals surface area contributed by atoms with Gasteiger partial charge >= 0.3 is 0 Å². The highest BCUT2D eigenvalue weighted by atomic mass is 15.0. The van der Waals surface area contributed by atoms with Gasteiger partial charge in [0, 0.05) is 19.1 Å². The minimum atomic E-state index is 0.724. The molecule has 0 amide bonds. The number of hydrogen-bond donors (Lipinski definition) is 2. The van der Waals surface area contributed by atoms with E-state index in [-0.39, 0.29) is 0 Å². The van der Waals surface area contributed by atoms with Gasteiger partial charge in [0.2, 0.25) is 0 Å². The van der Waals surface area contributed by atoms with Gasteiger partial charge in [-0.15, -0.1) is 0 Å². The summed E-state index contributed by atoms with van der Waals surface area (Å²) in [6, 6.07) is 0.887. The zero-order valence-electron chi connectivity index (χ0n) is 8.31. The molecule has 2 N–H and O–H groups in total. The van der Waals surface area contributed by atoms with Crippen LogP contribution in [-0.4, -0.2) is 25.7 Å². The molecule has 0 aromatic heterocycles. The third-order valence-corrected chi connectivity index (χ3v) is 4.31. The van der Waals surface area contributed by atoms with Crippen LogP contribution in [0.4, 0.5) is 0 Å². The standard InChI is InChI=1S/C11H20N2/c1-4-11(5-1)8-12-6-9(11)7-13-10-2-3-10/h9-10,12-13H,1-8H2. The fraction of sp³-hybridized carbons (Fsp3) is 1.00. The summed E-state index contributed by atoms with van der Waals surface area (Å²) in [6.07, 6.45) is 7.29. The largest absolute Gasteiger partial charge is 0.316 e. The second-order valence-corrected chi connectivity index (χ2v) is 5.23. The predicted octanol–water partition coefficient (Wildman–Crippen LogP) is 1.13. The molecule has 3 rings (SSSR count). The van der Waals surface area contributed by atoms with Crippen molar-refractivity contribution in [2.24, 2.45) is 11.3 Å². The molecule has 1 atom stereocenters. The second-order valence-electron chi connectivity index (χ2n) is 5.23. The average Bonchev–Trinajstić information content (AvgIpc) is 2.78. The topological polar surface area (TPSA) is 24.1 Å². The van der Waals surface area contributed by atoms with E-state index in [1.165, 1.54) is 51.7 Å². The number of rotatable bonds is 3. The maximum absolute atomic E-state index is 3.68. The van der Waals surface area contributed by atoms with Crippen LogP contribution in [0.3, 0.4) is 0 Å². The molecule has 3 fully saturated rings. The highest BCUT2D eigenvalue weighted by Crippen LogP contribution is 2.48. The Bertz CT molecular complexity index is 194. The molecule has 3 aliphatic rings. The fourth-order valence-electron chi connectivity index (χ4n) is 2.96. The zero-order valence-corrected chi connectivity index (χ0v) is 8.31. The first-order chi connectivity index (χ1) is 6.39. The second kappa shape index (κ2) is 2.96. The molecule has 0 aromatic rings. The third kappa shape index (κ3) is 1.40. The quantitative estimate of drug-likeness (QED) is 0.680. The lowest BCUT2D eigenvalue weighted by atomic mass is 9.63. The normalized spacial score (nSPS) is 36.5. The van der Waals surface area contributed by atoms with Crippen LogP contribution >= 0.6 is 0 Å². The van der Waals surface area contributed by atoms with E-state index in [9.17, 15) is 0 Å².